The topological polar surface area (TPSA) is 54.5 Å². The summed E-state index contributed by atoms with van der Waals surface area (Å²) in [5.74, 6) is -0.771. The maximum Gasteiger partial charge on any atom is 0.289 e. The normalized spacial score (nSPS) is 15.9. The largest absolute Gasteiger partial charge is 0.336 e. The Balaban J connectivity index is 2.35. The number of amides is 1. The molecular weight excluding hydrogens is 206 g/mol. The lowest BCUT2D eigenvalue weighted by atomic mass is 10.1. The first kappa shape index (κ1) is 12.9. The second kappa shape index (κ2) is 6.40. The molecule has 1 saturated heterocycles. The van der Waals surface area contributed by atoms with Gasteiger partial charge in [0.1, 0.15) is 5.78 Å². The highest BCUT2D eigenvalue weighted by atomic mass is 16.2. The zero-order chi connectivity index (χ0) is 12.0. The van der Waals surface area contributed by atoms with E-state index >= 15 is 0 Å². The minimum atomic E-state index is -0.413. The van der Waals surface area contributed by atoms with Gasteiger partial charge in [-0.15, -0.1) is 0 Å². The number of carbonyl (C=O) groups is 3. The van der Waals surface area contributed by atoms with E-state index in [-0.39, 0.29) is 18.6 Å². The fourth-order valence-corrected chi connectivity index (χ4v) is 1.81. The summed E-state index contributed by atoms with van der Waals surface area (Å²) in [6, 6.07) is 0. The number of hydrogen-bond donors (Lipinski definition) is 0. The molecule has 90 valence electrons. The maximum absolute atomic E-state index is 11.7. The molecule has 0 radical (unpaired) electrons. The van der Waals surface area contributed by atoms with Crippen molar-refractivity contribution >= 4 is 17.5 Å². The second-order valence-electron chi connectivity index (χ2n) is 4.17. The fraction of sp³-hybridized carbons (Fsp3) is 0.750. The minimum Gasteiger partial charge on any atom is -0.336 e. The van der Waals surface area contributed by atoms with Gasteiger partial charge in [-0.3, -0.25) is 14.4 Å². The summed E-state index contributed by atoms with van der Waals surface area (Å²) in [6.45, 7) is 3.14. The number of piperidine rings is 1. The number of ketones is 2. The summed E-state index contributed by atoms with van der Waals surface area (Å²) in [5.41, 5.74) is 0. The average molecular weight is 225 g/mol. The van der Waals surface area contributed by atoms with Gasteiger partial charge >= 0.3 is 0 Å². The fourth-order valence-electron chi connectivity index (χ4n) is 1.81. The van der Waals surface area contributed by atoms with E-state index in [9.17, 15) is 14.4 Å². The molecule has 0 aromatic rings. The lowest BCUT2D eigenvalue weighted by molar-refractivity contribution is -0.145. The van der Waals surface area contributed by atoms with Crippen molar-refractivity contribution in [3.63, 3.8) is 0 Å². The molecule has 1 fully saturated rings. The third-order valence-electron chi connectivity index (χ3n) is 2.91. The molecule has 0 aromatic carbocycles. The zero-order valence-electron chi connectivity index (χ0n) is 9.83. The number of hydrogen-bond acceptors (Lipinski definition) is 3. The van der Waals surface area contributed by atoms with Crippen LogP contribution in [0, 0.1) is 0 Å². The summed E-state index contributed by atoms with van der Waals surface area (Å²) >= 11 is 0. The molecule has 0 N–H and O–H groups in total. The Kier molecular flexibility index (Phi) is 5.15. The number of Topliss-reactive ketones (excluding diaryl/α,β-unsaturated/α-hetero) is 2. The SMILES string of the molecule is CCC(=O)CCC(=O)C(=O)N1CCCCC1. The van der Waals surface area contributed by atoms with Crippen LogP contribution >= 0.6 is 0 Å². The second-order valence-corrected chi connectivity index (χ2v) is 4.17. The molecule has 0 unspecified atom stereocenters. The maximum atomic E-state index is 11.7. The molecule has 0 saturated carbocycles. The smallest absolute Gasteiger partial charge is 0.289 e. The standard InChI is InChI=1S/C12H19NO3/c1-2-10(14)6-7-11(15)12(16)13-8-4-3-5-9-13/h2-9H2,1H3. The average Bonchev–Trinajstić information content (AvgIpc) is 2.35. The summed E-state index contributed by atoms with van der Waals surface area (Å²) < 4.78 is 0. The van der Waals surface area contributed by atoms with Crippen molar-refractivity contribution < 1.29 is 14.4 Å². The molecule has 1 heterocycles. The van der Waals surface area contributed by atoms with Gasteiger partial charge in [-0.05, 0) is 19.3 Å². The lowest BCUT2D eigenvalue weighted by Crippen LogP contribution is -2.40. The summed E-state index contributed by atoms with van der Waals surface area (Å²) in [6.07, 6.45) is 3.80. The number of carbonyl (C=O) groups excluding carboxylic acids is 3. The molecule has 0 aliphatic carbocycles. The highest BCUT2D eigenvalue weighted by molar-refractivity contribution is 6.36. The van der Waals surface area contributed by atoms with Crippen molar-refractivity contribution in [2.24, 2.45) is 0 Å². The van der Waals surface area contributed by atoms with Crippen molar-refractivity contribution in [3.05, 3.63) is 0 Å². The van der Waals surface area contributed by atoms with Gasteiger partial charge in [0.05, 0.1) is 0 Å². The summed E-state index contributed by atoms with van der Waals surface area (Å²) in [7, 11) is 0. The molecule has 1 rings (SSSR count). The van der Waals surface area contributed by atoms with E-state index in [0.717, 1.165) is 19.3 Å². The lowest BCUT2D eigenvalue weighted by Gasteiger charge is -2.25. The molecule has 0 atom stereocenters. The first-order valence-corrected chi connectivity index (χ1v) is 5.99. The molecule has 16 heavy (non-hydrogen) atoms. The van der Waals surface area contributed by atoms with Gasteiger partial charge in [0.15, 0.2) is 0 Å². The van der Waals surface area contributed by atoms with Crippen LogP contribution in [-0.4, -0.2) is 35.5 Å². The Morgan fingerprint density at radius 1 is 1.00 bits per heavy atom. The van der Waals surface area contributed by atoms with E-state index in [4.69, 9.17) is 0 Å². The van der Waals surface area contributed by atoms with Crippen LogP contribution in [0.3, 0.4) is 0 Å². The van der Waals surface area contributed by atoms with Gasteiger partial charge in [-0.1, -0.05) is 6.92 Å². The van der Waals surface area contributed by atoms with Crippen LogP contribution in [0.2, 0.25) is 0 Å². The van der Waals surface area contributed by atoms with Crippen molar-refractivity contribution in [3.8, 4) is 0 Å². The molecule has 1 aliphatic heterocycles. The van der Waals surface area contributed by atoms with Crippen molar-refractivity contribution in [2.75, 3.05) is 13.1 Å². The molecule has 0 spiro atoms. The molecule has 1 aliphatic rings. The molecule has 0 bridgehead atoms. The van der Waals surface area contributed by atoms with E-state index in [1.54, 1.807) is 11.8 Å². The van der Waals surface area contributed by atoms with E-state index in [1.165, 1.54) is 0 Å². The van der Waals surface area contributed by atoms with Gasteiger partial charge in [0, 0.05) is 32.4 Å². The third-order valence-corrected chi connectivity index (χ3v) is 2.91. The molecular formula is C12H19NO3. The quantitative estimate of drug-likeness (QED) is 0.663. The Bertz CT molecular complexity index is 280. The van der Waals surface area contributed by atoms with Gasteiger partial charge in [0.25, 0.3) is 5.91 Å². The predicted octanol–water partition coefficient (Wildman–Crippen LogP) is 1.33. The minimum absolute atomic E-state index is 0.0415. The van der Waals surface area contributed by atoms with Crippen LogP contribution < -0.4 is 0 Å². The predicted molar refractivity (Wildman–Crippen MR) is 60.0 cm³/mol. The Morgan fingerprint density at radius 3 is 2.19 bits per heavy atom. The molecule has 4 heteroatoms. The van der Waals surface area contributed by atoms with Crippen LogP contribution in [0.5, 0.6) is 0 Å². The van der Waals surface area contributed by atoms with Gasteiger partial charge in [-0.2, -0.15) is 0 Å². The van der Waals surface area contributed by atoms with Crippen molar-refractivity contribution in [1.82, 2.24) is 4.90 Å². The van der Waals surface area contributed by atoms with Crippen molar-refractivity contribution in [1.29, 1.82) is 0 Å². The van der Waals surface area contributed by atoms with E-state index in [2.05, 4.69) is 0 Å². The van der Waals surface area contributed by atoms with Crippen LogP contribution in [0.15, 0.2) is 0 Å². The van der Waals surface area contributed by atoms with Gasteiger partial charge in [-0.25, -0.2) is 0 Å². The van der Waals surface area contributed by atoms with E-state index in [1.807, 2.05) is 0 Å². The monoisotopic (exact) mass is 225 g/mol. The van der Waals surface area contributed by atoms with Gasteiger partial charge in [0.2, 0.25) is 5.78 Å². The Morgan fingerprint density at radius 2 is 1.62 bits per heavy atom. The van der Waals surface area contributed by atoms with E-state index in [0.29, 0.717) is 19.5 Å². The van der Waals surface area contributed by atoms with E-state index < -0.39 is 11.7 Å². The van der Waals surface area contributed by atoms with Crippen LogP contribution in [0.25, 0.3) is 0 Å². The Labute approximate surface area is 96.0 Å². The van der Waals surface area contributed by atoms with Crippen LogP contribution in [0.4, 0.5) is 0 Å². The zero-order valence-corrected chi connectivity index (χ0v) is 9.83. The summed E-state index contributed by atoms with van der Waals surface area (Å²) in [4.78, 5) is 35.8. The van der Waals surface area contributed by atoms with Crippen LogP contribution in [-0.2, 0) is 14.4 Å². The number of rotatable bonds is 5. The Hall–Kier alpha value is -1.19. The van der Waals surface area contributed by atoms with Gasteiger partial charge < -0.3 is 4.90 Å². The third kappa shape index (κ3) is 3.76. The molecule has 4 nitrogen and oxygen atoms in total. The first-order valence-electron chi connectivity index (χ1n) is 5.99. The highest BCUT2D eigenvalue weighted by Gasteiger charge is 2.23. The molecule has 1 amide bonds. The number of likely N-dealkylation sites (tertiary alicyclic amines) is 1. The molecule has 0 aromatic heterocycles. The highest BCUT2D eigenvalue weighted by Crippen LogP contribution is 2.10. The first-order chi connectivity index (χ1) is 7.65. The van der Waals surface area contributed by atoms with Crippen LogP contribution in [0.1, 0.15) is 45.4 Å². The summed E-state index contributed by atoms with van der Waals surface area (Å²) in [5, 5.41) is 0. The van der Waals surface area contributed by atoms with Crippen molar-refractivity contribution in [2.45, 2.75) is 45.4 Å². The number of nitrogens with zero attached hydrogens (tertiary/aromatic N) is 1.